The number of rotatable bonds is 39. The minimum absolute atomic E-state index is 0.0343. The monoisotopic (exact) mass is 785 g/mol. The summed E-state index contributed by atoms with van der Waals surface area (Å²) in [5.74, 6) is 0.446. The Labute approximate surface area is 328 Å². The Morgan fingerprint density at radius 3 is 0.907 bits per heavy atom. The van der Waals surface area contributed by atoms with Crippen molar-refractivity contribution in [2.75, 3.05) is 106 Å². The molecule has 0 aromatic carbocycles. The Kier molecular flexibility index (Phi) is 34.1. The van der Waals surface area contributed by atoms with E-state index in [1.54, 1.807) is 0 Å². The van der Waals surface area contributed by atoms with Gasteiger partial charge in [-0.2, -0.15) is 0 Å². The third-order valence-electron chi connectivity index (χ3n) is 7.92. The highest BCUT2D eigenvalue weighted by Crippen LogP contribution is 2.15. The lowest BCUT2D eigenvalue weighted by Crippen LogP contribution is -2.35. The van der Waals surface area contributed by atoms with E-state index in [1.807, 2.05) is 48.5 Å². The quantitative estimate of drug-likeness (QED) is 0.0661. The molecular formula is C39H84N4O11. The van der Waals surface area contributed by atoms with Gasteiger partial charge in [0.05, 0.1) is 111 Å². The maximum Gasteiger partial charge on any atom is 0.104 e. The van der Waals surface area contributed by atoms with Crippen molar-refractivity contribution in [1.82, 2.24) is 0 Å². The molecule has 0 aliphatic rings. The first kappa shape index (κ1) is 53.4. The van der Waals surface area contributed by atoms with Crippen LogP contribution in [0.2, 0.25) is 0 Å². The number of hydrogen-bond donors (Lipinski definition) is 4. The molecule has 0 spiro atoms. The molecule has 54 heavy (non-hydrogen) atoms. The van der Waals surface area contributed by atoms with E-state index in [4.69, 9.17) is 75.0 Å². The normalized spacial score (nSPS) is 19.0. The topological polar surface area (TPSA) is 206 Å². The molecule has 0 radical (unpaired) electrons. The summed E-state index contributed by atoms with van der Waals surface area (Å²) < 4.78 is 65.5. The van der Waals surface area contributed by atoms with Crippen molar-refractivity contribution >= 4 is 0 Å². The molecule has 0 aromatic heterocycles. The van der Waals surface area contributed by atoms with Crippen LogP contribution in [0, 0.1) is 11.8 Å². The van der Waals surface area contributed by atoms with E-state index in [0.29, 0.717) is 106 Å². The first-order valence-electron chi connectivity index (χ1n) is 20.2. The summed E-state index contributed by atoms with van der Waals surface area (Å²) >= 11 is 0. The van der Waals surface area contributed by atoms with Crippen molar-refractivity contribution in [3.05, 3.63) is 0 Å². The number of nitrogens with two attached hydrogens (primary N) is 4. The van der Waals surface area contributed by atoms with Gasteiger partial charge >= 0.3 is 0 Å². The molecule has 0 rings (SSSR count). The van der Waals surface area contributed by atoms with E-state index >= 15 is 0 Å². The van der Waals surface area contributed by atoms with Crippen molar-refractivity contribution in [2.45, 2.75) is 136 Å². The van der Waals surface area contributed by atoms with Gasteiger partial charge in [0, 0.05) is 37.4 Å². The van der Waals surface area contributed by atoms with Crippen LogP contribution in [0.25, 0.3) is 0 Å². The standard InChI is InChI=1S/C39H84N4O11/c1-11-12-44-22-37(53-17-32(6)42)23-45-19-34(8)49-13-28(2)29(3)14-52-38(24-46-20-35(9)50-15-30(4)40)26-48-27-39(54-18-33(7)43)25-47-21-36(10)51-16-31(5)41/h28-39H,11-27,40-43H2,1-10H3. The summed E-state index contributed by atoms with van der Waals surface area (Å²) in [7, 11) is 0. The lowest BCUT2D eigenvalue weighted by molar-refractivity contribution is -0.114. The van der Waals surface area contributed by atoms with Crippen LogP contribution in [0.1, 0.15) is 75.7 Å². The van der Waals surface area contributed by atoms with Gasteiger partial charge in [-0.1, -0.05) is 20.8 Å². The molecule has 0 amide bonds. The summed E-state index contributed by atoms with van der Waals surface area (Å²) in [5, 5.41) is 0. The summed E-state index contributed by atoms with van der Waals surface area (Å²) in [6.45, 7) is 26.9. The molecule has 0 aliphatic heterocycles. The van der Waals surface area contributed by atoms with Crippen molar-refractivity contribution in [3.8, 4) is 0 Å². The first-order chi connectivity index (χ1) is 25.6. The Balaban J connectivity index is 5.01. The fourth-order valence-corrected chi connectivity index (χ4v) is 4.50. The molecule has 15 nitrogen and oxygen atoms in total. The van der Waals surface area contributed by atoms with Crippen LogP contribution in [0.4, 0.5) is 0 Å². The third-order valence-corrected chi connectivity index (χ3v) is 7.92. The number of hydrogen-bond acceptors (Lipinski definition) is 15. The molecule has 8 N–H and O–H groups in total. The molecule has 0 aromatic rings. The minimum atomic E-state index is -0.311. The fourth-order valence-electron chi connectivity index (χ4n) is 4.50. The lowest BCUT2D eigenvalue weighted by atomic mass is 9.98. The van der Waals surface area contributed by atoms with Gasteiger partial charge in [0.15, 0.2) is 0 Å². The van der Waals surface area contributed by atoms with E-state index in [2.05, 4.69) is 20.8 Å². The number of ether oxygens (including phenoxy) is 11. The van der Waals surface area contributed by atoms with Crippen molar-refractivity contribution in [1.29, 1.82) is 0 Å². The van der Waals surface area contributed by atoms with Crippen LogP contribution in [-0.4, -0.2) is 167 Å². The van der Waals surface area contributed by atoms with Gasteiger partial charge in [0.25, 0.3) is 0 Å². The van der Waals surface area contributed by atoms with Gasteiger partial charge < -0.3 is 75.0 Å². The molecular weight excluding hydrogens is 700 g/mol. The highest BCUT2D eigenvalue weighted by molar-refractivity contribution is 4.67. The fraction of sp³-hybridized carbons (Fsp3) is 1.00. The van der Waals surface area contributed by atoms with Crippen LogP contribution in [0.3, 0.4) is 0 Å². The Morgan fingerprint density at radius 2 is 0.574 bits per heavy atom. The highest BCUT2D eigenvalue weighted by Gasteiger charge is 2.21. The minimum Gasteiger partial charge on any atom is -0.379 e. The zero-order valence-electron chi connectivity index (χ0n) is 35.7. The van der Waals surface area contributed by atoms with Gasteiger partial charge in [-0.25, -0.2) is 0 Å². The lowest BCUT2D eigenvalue weighted by Gasteiger charge is -2.26. The summed E-state index contributed by atoms with van der Waals surface area (Å²) in [6.07, 6.45) is -0.117. The van der Waals surface area contributed by atoms with Gasteiger partial charge in [0.2, 0.25) is 0 Å². The second kappa shape index (κ2) is 34.4. The van der Waals surface area contributed by atoms with E-state index in [-0.39, 0.29) is 72.6 Å². The molecule has 0 aliphatic carbocycles. The third kappa shape index (κ3) is 33.5. The van der Waals surface area contributed by atoms with E-state index in [1.165, 1.54) is 0 Å². The van der Waals surface area contributed by atoms with E-state index in [0.717, 1.165) is 6.42 Å². The van der Waals surface area contributed by atoms with Gasteiger partial charge in [0.1, 0.15) is 18.3 Å². The molecule has 0 bridgehead atoms. The van der Waals surface area contributed by atoms with Crippen LogP contribution in [-0.2, 0) is 52.1 Å². The summed E-state index contributed by atoms with van der Waals surface area (Å²) in [4.78, 5) is 0. The van der Waals surface area contributed by atoms with E-state index < -0.39 is 0 Å². The van der Waals surface area contributed by atoms with Crippen LogP contribution < -0.4 is 22.9 Å². The van der Waals surface area contributed by atoms with Crippen LogP contribution in [0.5, 0.6) is 0 Å². The Morgan fingerprint density at radius 1 is 0.315 bits per heavy atom. The molecule has 15 heteroatoms. The molecule has 12 atom stereocenters. The SMILES string of the molecule is CCCOCC(COCC(C)OCC(C)C(C)COC(COCC(C)OCC(C)N)COCC(COCC(C)OCC(C)N)OCC(C)N)OCC(C)N. The smallest absolute Gasteiger partial charge is 0.104 e. The first-order valence-corrected chi connectivity index (χ1v) is 20.2. The van der Waals surface area contributed by atoms with Crippen molar-refractivity contribution < 1.29 is 52.1 Å². The Hall–Kier alpha value is -0.600. The summed E-state index contributed by atoms with van der Waals surface area (Å²) in [5.41, 5.74) is 23.5. The molecule has 326 valence electrons. The molecule has 0 fully saturated rings. The Bertz CT molecular complexity index is 819. The largest absolute Gasteiger partial charge is 0.379 e. The van der Waals surface area contributed by atoms with Crippen molar-refractivity contribution in [3.63, 3.8) is 0 Å². The predicted octanol–water partition coefficient (Wildman–Crippen LogP) is 2.51. The maximum absolute atomic E-state index is 6.38. The molecule has 0 saturated carbocycles. The van der Waals surface area contributed by atoms with Crippen LogP contribution in [0.15, 0.2) is 0 Å². The zero-order valence-corrected chi connectivity index (χ0v) is 35.7. The average molecular weight is 785 g/mol. The van der Waals surface area contributed by atoms with Gasteiger partial charge in [-0.05, 0) is 66.7 Å². The summed E-state index contributed by atoms with van der Waals surface area (Å²) in [6, 6.07) is -0.244. The second-order valence-corrected chi connectivity index (χ2v) is 15.4. The predicted molar refractivity (Wildman–Crippen MR) is 213 cm³/mol. The second-order valence-electron chi connectivity index (χ2n) is 15.4. The maximum atomic E-state index is 6.38. The van der Waals surface area contributed by atoms with Gasteiger partial charge in [-0.3, -0.25) is 0 Å². The van der Waals surface area contributed by atoms with Crippen LogP contribution >= 0.6 is 0 Å². The average Bonchev–Trinajstić information content (AvgIpc) is 3.11. The van der Waals surface area contributed by atoms with E-state index in [9.17, 15) is 0 Å². The molecule has 0 saturated heterocycles. The molecule has 0 heterocycles. The molecule has 12 unspecified atom stereocenters. The zero-order chi connectivity index (χ0) is 40.7. The van der Waals surface area contributed by atoms with Crippen molar-refractivity contribution in [2.24, 2.45) is 34.8 Å². The highest BCUT2D eigenvalue weighted by atomic mass is 16.6. The van der Waals surface area contributed by atoms with Gasteiger partial charge in [-0.15, -0.1) is 0 Å².